The zero-order chi connectivity index (χ0) is 17.8. The van der Waals surface area contributed by atoms with Gasteiger partial charge in [0.05, 0.1) is 22.9 Å². The molecule has 1 aliphatic carbocycles. The number of rotatable bonds is 1. The number of hydrogen-bond donors (Lipinski definition) is 1. The van der Waals surface area contributed by atoms with Crippen molar-refractivity contribution in [3.8, 4) is 0 Å². The van der Waals surface area contributed by atoms with Crippen molar-refractivity contribution in [1.29, 1.82) is 0 Å². The lowest BCUT2D eigenvalue weighted by molar-refractivity contribution is -0.156. The molecule has 0 radical (unpaired) electrons. The molecule has 5 bridgehead atoms. The third-order valence-electron chi connectivity index (χ3n) is 7.53. The fraction of sp³-hybridized carbons (Fsp3) is 0.524. The number of allylic oxidation sites excluding steroid dienone is 1. The molecule has 5 heterocycles. The van der Waals surface area contributed by atoms with Gasteiger partial charge < -0.3 is 9.84 Å². The van der Waals surface area contributed by atoms with Crippen molar-refractivity contribution < 1.29 is 14.6 Å². The number of ether oxygens (including phenoxy) is 1. The molecule has 134 valence electrons. The van der Waals surface area contributed by atoms with Crippen LogP contribution in [0.1, 0.15) is 32.3 Å². The monoisotopic (exact) mass is 350 g/mol. The first-order chi connectivity index (χ1) is 12.6. The first kappa shape index (κ1) is 15.1. The number of aliphatic hydroxyl groups is 1. The smallest absolute Gasteiger partial charge is 0.302 e. The molecule has 8 atom stereocenters. The Kier molecular flexibility index (Phi) is 2.70. The molecule has 1 unspecified atom stereocenters. The molecule has 5 heteroatoms. The number of aliphatic hydroxyl groups excluding tert-OH is 1. The number of aliphatic imine (C=N–C) groups is 1. The standard InChI is InChI=1S/C21H22N2O3/c1-3-11-12-8-15-18-21(13-6-4-5-7-14(13)22-18)9-16(23(15)20(11)25)17(12)19(21)26-10(2)24/h3-7,12,15-17,19-20,25H,8-9H2,1-2H3/b11-3+/t12-,15-,16-,17-,19+,20-,21+/m0/s1. The van der Waals surface area contributed by atoms with Gasteiger partial charge in [0, 0.05) is 18.9 Å². The van der Waals surface area contributed by atoms with E-state index in [4.69, 9.17) is 9.73 Å². The Balaban J connectivity index is 1.62. The molecule has 6 aliphatic rings. The second-order valence-electron chi connectivity index (χ2n) is 8.33. The van der Waals surface area contributed by atoms with Crippen LogP contribution in [0.5, 0.6) is 0 Å². The number of benzene rings is 1. The summed E-state index contributed by atoms with van der Waals surface area (Å²) in [6, 6.07) is 8.67. The highest BCUT2D eigenvalue weighted by atomic mass is 16.5. The fourth-order valence-electron chi connectivity index (χ4n) is 6.90. The van der Waals surface area contributed by atoms with Gasteiger partial charge in [-0.05, 0) is 42.9 Å². The number of piperidine rings is 4. The van der Waals surface area contributed by atoms with Gasteiger partial charge in [-0.2, -0.15) is 0 Å². The van der Waals surface area contributed by atoms with Crippen molar-refractivity contribution in [3.63, 3.8) is 0 Å². The molecule has 5 aliphatic heterocycles. The lowest BCUT2D eigenvalue weighted by Gasteiger charge is -2.58. The summed E-state index contributed by atoms with van der Waals surface area (Å²) in [7, 11) is 0. The summed E-state index contributed by atoms with van der Waals surface area (Å²) in [4.78, 5) is 19.3. The van der Waals surface area contributed by atoms with Crippen molar-refractivity contribution in [3.05, 3.63) is 41.5 Å². The van der Waals surface area contributed by atoms with E-state index in [0.717, 1.165) is 29.8 Å². The average molecular weight is 350 g/mol. The summed E-state index contributed by atoms with van der Waals surface area (Å²) in [6.45, 7) is 3.51. The third kappa shape index (κ3) is 1.45. The molecule has 1 aromatic carbocycles. The molecular weight excluding hydrogens is 328 g/mol. The Morgan fingerprint density at radius 3 is 3.00 bits per heavy atom. The van der Waals surface area contributed by atoms with Crippen LogP contribution in [0.3, 0.4) is 0 Å². The van der Waals surface area contributed by atoms with Crippen LogP contribution in [-0.2, 0) is 14.9 Å². The Labute approximate surface area is 152 Å². The highest BCUT2D eigenvalue weighted by Crippen LogP contribution is 2.67. The van der Waals surface area contributed by atoms with Crippen molar-refractivity contribution in [2.75, 3.05) is 0 Å². The number of nitrogens with zero attached hydrogens (tertiary/aromatic N) is 2. The fourth-order valence-corrected chi connectivity index (χ4v) is 6.90. The molecule has 1 aromatic rings. The minimum Gasteiger partial charge on any atom is -0.461 e. The highest BCUT2D eigenvalue weighted by molar-refractivity contribution is 6.08. The maximum atomic E-state index is 12.0. The van der Waals surface area contributed by atoms with E-state index in [1.165, 1.54) is 12.5 Å². The van der Waals surface area contributed by atoms with Crippen molar-refractivity contribution in [2.45, 2.75) is 56.5 Å². The molecule has 5 nitrogen and oxygen atoms in total. The number of esters is 1. The van der Waals surface area contributed by atoms with E-state index in [0.29, 0.717) is 0 Å². The predicted octanol–water partition coefficient (Wildman–Crippen LogP) is 2.31. The van der Waals surface area contributed by atoms with Gasteiger partial charge in [0.1, 0.15) is 12.3 Å². The normalized spacial score (nSPS) is 47.7. The van der Waals surface area contributed by atoms with Gasteiger partial charge >= 0.3 is 5.97 Å². The second kappa shape index (κ2) is 4.65. The summed E-state index contributed by atoms with van der Waals surface area (Å²) < 4.78 is 6.04. The van der Waals surface area contributed by atoms with Crippen molar-refractivity contribution in [1.82, 2.24) is 4.90 Å². The molecule has 1 saturated carbocycles. The zero-order valence-corrected chi connectivity index (χ0v) is 14.9. The van der Waals surface area contributed by atoms with Crippen molar-refractivity contribution >= 4 is 17.4 Å². The molecule has 4 saturated heterocycles. The predicted molar refractivity (Wildman–Crippen MR) is 96.2 cm³/mol. The van der Waals surface area contributed by atoms with Crippen LogP contribution >= 0.6 is 0 Å². The average Bonchev–Trinajstić information content (AvgIpc) is 3.08. The van der Waals surface area contributed by atoms with Gasteiger partial charge in [-0.3, -0.25) is 14.7 Å². The third-order valence-corrected chi connectivity index (χ3v) is 7.53. The molecule has 0 amide bonds. The summed E-state index contributed by atoms with van der Waals surface area (Å²) >= 11 is 0. The molecular formula is C21H22N2O3. The van der Waals surface area contributed by atoms with Crippen LogP contribution in [0, 0.1) is 11.8 Å². The maximum Gasteiger partial charge on any atom is 0.302 e. The van der Waals surface area contributed by atoms with Crippen LogP contribution in [0.15, 0.2) is 40.9 Å². The van der Waals surface area contributed by atoms with E-state index < -0.39 is 6.23 Å². The number of carbonyl (C=O) groups is 1. The molecule has 7 rings (SSSR count). The van der Waals surface area contributed by atoms with E-state index in [1.54, 1.807) is 0 Å². The lowest BCUT2D eigenvalue weighted by Crippen LogP contribution is -2.68. The molecule has 1 spiro atoms. The zero-order valence-electron chi connectivity index (χ0n) is 14.9. The minimum absolute atomic E-state index is 0.140. The first-order valence-corrected chi connectivity index (χ1v) is 9.55. The Bertz CT molecular complexity index is 906. The van der Waals surface area contributed by atoms with E-state index >= 15 is 0 Å². The Morgan fingerprint density at radius 1 is 1.42 bits per heavy atom. The van der Waals surface area contributed by atoms with Crippen LogP contribution in [0.4, 0.5) is 5.69 Å². The number of para-hydroxylation sites is 1. The molecule has 26 heavy (non-hydrogen) atoms. The van der Waals surface area contributed by atoms with Crippen LogP contribution in [-0.4, -0.2) is 46.1 Å². The molecule has 1 N–H and O–H groups in total. The number of hydrogen-bond acceptors (Lipinski definition) is 5. The van der Waals surface area contributed by atoms with Crippen LogP contribution < -0.4 is 0 Å². The minimum atomic E-state index is -0.537. The maximum absolute atomic E-state index is 12.0. The van der Waals surface area contributed by atoms with E-state index in [9.17, 15) is 9.90 Å². The summed E-state index contributed by atoms with van der Waals surface area (Å²) in [6.07, 6.45) is 3.17. The topological polar surface area (TPSA) is 62.1 Å². The van der Waals surface area contributed by atoms with Crippen molar-refractivity contribution in [2.24, 2.45) is 16.8 Å². The van der Waals surface area contributed by atoms with Crippen LogP contribution in [0.2, 0.25) is 0 Å². The number of fused-ring (bicyclic) bond motifs is 2. The second-order valence-corrected chi connectivity index (χ2v) is 8.33. The van der Waals surface area contributed by atoms with Gasteiger partial charge in [0.2, 0.25) is 0 Å². The largest absolute Gasteiger partial charge is 0.461 e. The Morgan fingerprint density at radius 2 is 2.23 bits per heavy atom. The summed E-state index contributed by atoms with van der Waals surface area (Å²) in [5.41, 5.74) is 4.10. The van der Waals surface area contributed by atoms with Crippen LogP contribution in [0.25, 0.3) is 0 Å². The van der Waals surface area contributed by atoms with E-state index in [2.05, 4.69) is 29.2 Å². The lowest BCUT2D eigenvalue weighted by atomic mass is 9.66. The van der Waals surface area contributed by atoms with Gasteiger partial charge in [0.25, 0.3) is 0 Å². The number of carbonyl (C=O) groups excluding carboxylic acids is 1. The quantitative estimate of drug-likeness (QED) is 0.624. The molecule has 0 aromatic heterocycles. The highest BCUT2D eigenvalue weighted by Gasteiger charge is 2.74. The van der Waals surface area contributed by atoms with E-state index in [1.807, 2.05) is 13.0 Å². The summed E-state index contributed by atoms with van der Waals surface area (Å²) in [5, 5.41) is 11.0. The first-order valence-electron chi connectivity index (χ1n) is 9.55. The van der Waals surface area contributed by atoms with Gasteiger partial charge in [0.15, 0.2) is 0 Å². The molecule has 5 fully saturated rings. The summed E-state index contributed by atoms with van der Waals surface area (Å²) in [5.74, 6) is 0.264. The van der Waals surface area contributed by atoms with Gasteiger partial charge in [-0.25, -0.2) is 0 Å². The van der Waals surface area contributed by atoms with Gasteiger partial charge in [-0.15, -0.1) is 0 Å². The van der Waals surface area contributed by atoms with E-state index in [-0.39, 0.29) is 41.4 Å². The van der Waals surface area contributed by atoms with Gasteiger partial charge in [-0.1, -0.05) is 24.3 Å². The Hall–Kier alpha value is -1.98. The SMILES string of the molecule is C/C=C1\[C@@H]2C[C@H]3C4=Nc5ccccc5[C@]45C[C@@H]([C@H]2[C@H]5OC(C)=O)N3[C@H]1O.